The van der Waals surface area contributed by atoms with Gasteiger partial charge >= 0.3 is 0 Å². The predicted molar refractivity (Wildman–Crippen MR) is 84.3 cm³/mol. The molecule has 5 nitrogen and oxygen atoms in total. The average Bonchev–Trinajstić information content (AvgIpc) is 2.52. The molecule has 0 spiro atoms. The van der Waals surface area contributed by atoms with Crippen molar-refractivity contribution in [1.82, 2.24) is 15.1 Å². The zero-order valence-corrected chi connectivity index (χ0v) is 13.3. The van der Waals surface area contributed by atoms with Crippen LogP contribution >= 0.6 is 0 Å². The van der Waals surface area contributed by atoms with E-state index in [2.05, 4.69) is 47.4 Å². The largest absolute Gasteiger partial charge is 0.366 e. The first-order valence-electron chi connectivity index (χ1n) is 7.93. The Morgan fingerprint density at radius 1 is 1.29 bits per heavy atom. The van der Waals surface area contributed by atoms with Crippen LogP contribution < -0.4 is 5.32 Å². The third-order valence-corrected chi connectivity index (χ3v) is 4.38. The van der Waals surface area contributed by atoms with Gasteiger partial charge in [0.05, 0.1) is 5.69 Å². The summed E-state index contributed by atoms with van der Waals surface area (Å²) >= 11 is 0. The van der Waals surface area contributed by atoms with Crippen LogP contribution in [-0.4, -0.2) is 41.3 Å². The van der Waals surface area contributed by atoms with Crippen molar-refractivity contribution >= 4 is 5.82 Å². The lowest BCUT2D eigenvalue weighted by atomic mass is 10.0. The van der Waals surface area contributed by atoms with Crippen LogP contribution in [0.4, 0.5) is 5.82 Å². The molecule has 1 aromatic rings. The first-order chi connectivity index (χ1) is 10.2. The van der Waals surface area contributed by atoms with E-state index in [9.17, 15) is 5.26 Å². The van der Waals surface area contributed by atoms with Gasteiger partial charge in [0, 0.05) is 12.6 Å². The van der Waals surface area contributed by atoms with E-state index in [1.54, 1.807) is 0 Å². The lowest BCUT2D eigenvalue weighted by Gasteiger charge is -2.32. The second kappa shape index (κ2) is 7.37. The summed E-state index contributed by atoms with van der Waals surface area (Å²) in [5.41, 5.74) is 2.65. The number of aromatic nitrogens is 2. The number of likely N-dealkylation sites (tertiary alicyclic amines) is 1. The quantitative estimate of drug-likeness (QED) is 0.900. The number of aryl methyl sites for hydroxylation is 1. The second-order valence-electron chi connectivity index (χ2n) is 5.68. The van der Waals surface area contributed by atoms with Crippen molar-refractivity contribution < 1.29 is 0 Å². The van der Waals surface area contributed by atoms with Crippen LogP contribution in [0.25, 0.3) is 0 Å². The van der Waals surface area contributed by atoms with E-state index in [4.69, 9.17) is 0 Å². The van der Waals surface area contributed by atoms with E-state index < -0.39 is 0 Å². The lowest BCUT2D eigenvalue weighted by Crippen LogP contribution is -2.41. The topological polar surface area (TPSA) is 64.8 Å². The standard InChI is InChI=1S/C16H25N5/c1-4-13-14(10-17)16(20-19-15(13)5-2)18-11-12-8-6-7-9-21(12)3/h12H,4-9,11H2,1-3H3,(H,18,20). The third-order valence-electron chi connectivity index (χ3n) is 4.38. The van der Waals surface area contributed by atoms with E-state index in [1.807, 2.05) is 0 Å². The van der Waals surface area contributed by atoms with Crippen LogP contribution in [-0.2, 0) is 12.8 Å². The Kier molecular flexibility index (Phi) is 5.51. The first-order valence-corrected chi connectivity index (χ1v) is 7.93. The molecule has 1 aromatic heterocycles. The van der Waals surface area contributed by atoms with Gasteiger partial charge < -0.3 is 10.2 Å². The number of rotatable bonds is 5. The highest BCUT2D eigenvalue weighted by atomic mass is 15.2. The Balaban J connectivity index is 2.14. The minimum atomic E-state index is 0.517. The minimum Gasteiger partial charge on any atom is -0.366 e. The Bertz CT molecular complexity index is 520. The van der Waals surface area contributed by atoms with Gasteiger partial charge in [0.1, 0.15) is 11.6 Å². The van der Waals surface area contributed by atoms with Crippen molar-refractivity contribution in [2.45, 2.75) is 52.0 Å². The number of hydrogen-bond acceptors (Lipinski definition) is 5. The fraction of sp³-hybridized carbons (Fsp3) is 0.688. The molecule has 1 fully saturated rings. The van der Waals surface area contributed by atoms with Crippen LogP contribution in [0.1, 0.15) is 49.9 Å². The van der Waals surface area contributed by atoms with Gasteiger partial charge in [0.2, 0.25) is 0 Å². The van der Waals surface area contributed by atoms with E-state index in [1.165, 1.54) is 19.3 Å². The van der Waals surface area contributed by atoms with Gasteiger partial charge in [-0.1, -0.05) is 20.3 Å². The number of piperidine rings is 1. The molecule has 0 radical (unpaired) electrons. The number of nitriles is 1. The molecule has 114 valence electrons. The van der Waals surface area contributed by atoms with Crippen molar-refractivity contribution in [3.8, 4) is 6.07 Å². The molecule has 1 aliphatic heterocycles. The van der Waals surface area contributed by atoms with Gasteiger partial charge in [-0.3, -0.25) is 0 Å². The zero-order valence-electron chi connectivity index (χ0n) is 13.3. The number of likely N-dealkylation sites (N-methyl/N-ethyl adjacent to an activating group) is 1. The molecule has 2 rings (SSSR count). The maximum Gasteiger partial charge on any atom is 0.167 e. The summed E-state index contributed by atoms with van der Waals surface area (Å²) in [7, 11) is 2.17. The van der Waals surface area contributed by atoms with Crippen LogP contribution in [0.5, 0.6) is 0 Å². The number of nitrogens with one attached hydrogen (secondary N) is 1. The van der Waals surface area contributed by atoms with Crippen LogP contribution in [0.2, 0.25) is 0 Å². The van der Waals surface area contributed by atoms with Gasteiger partial charge in [-0.25, -0.2) is 0 Å². The molecule has 0 bridgehead atoms. The van der Waals surface area contributed by atoms with E-state index >= 15 is 0 Å². The van der Waals surface area contributed by atoms with E-state index in [-0.39, 0.29) is 0 Å². The van der Waals surface area contributed by atoms with Gasteiger partial charge in [-0.15, -0.1) is 5.10 Å². The SMILES string of the molecule is CCc1nnc(NCC2CCCCN2C)c(C#N)c1CC. The second-order valence-corrected chi connectivity index (χ2v) is 5.68. The smallest absolute Gasteiger partial charge is 0.167 e. The first kappa shape index (κ1) is 15.7. The van der Waals surface area contributed by atoms with Crippen molar-refractivity contribution in [3.05, 3.63) is 16.8 Å². The van der Waals surface area contributed by atoms with Crippen molar-refractivity contribution in [2.24, 2.45) is 0 Å². The van der Waals surface area contributed by atoms with Crippen LogP contribution in [0, 0.1) is 11.3 Å². The summed E-state index contributed by atoms with van der Waals surface area (Å²) in [6.07, 6.45) is 5.40. The summed E-state index contributed by atoms with van der Waals surface area (Å²) in [4.78, 5) is 2.39. The van der Waals surface area contributed by atoms with E-state index in [0.29, 0.717) is 17.4 Å². The summed E-state index contributed by atoms with van der Waals surface area (Å²) in [5.74, 6) is 0.644. The Labute approximate surface area is 127 Å². The van der Waals surface area contributed by atoms with Crippen molar-refractivity contribution in [1.29, 1.82) is 5.26 Å². The maximum atomic E-state index is 9.47. The molecule has 0 aliphatic carbocycles. The summed E-state index contributed by atoms with van der Waals surface area (Å²) in [5, 5.41) is 21.3. The Morgan fingerprint density at radius 3 is 2.71 bits per heavy atom. The number of anilines is 1. The van der Waals surface area contributed by atoms with Crippen molar-refractivity contribution in [2.75, 3.05) is 25.5 Å². The predicted octanol–water partition coefficient (Wildman–Crippen LogP) is 2.37. The van der Waals surface area contributed by atoms with Crippen molar-refractivity contribution in [3.63, 3.8) is 0 Å². The molecule has 0 aromatic carbocycles. The highest BCUT2D eigenvalue weighted by molar-refractivity contribution is 5.56. The van der Waals surface area contributed by atoms with E-state index in [0.717, 1.165) is 37.2 Å². The van der Waals surface area contributed by atoms with Crippen LogP contribution in [0.3, 0.4) is 0 Å². The maximum absolute atomic E-state index is 9.47. The Morgan fingerprint density at radius 2 is 2.10 bits per heavy atom. The summed E-state index contributed by atoms with van der Waals surface area (Å²) < 4.78 is 0. The molecule has 0 saturated carbocycles. The molecule has 1 aliphatic rings. The minimum absolute atomic E-state index is 0.517. The third kappa shape index (κ3) is 3.51. The van der Waals surface area contributed by atoms with Crippen LogP contribution in [0.15, 0.2) is 0 Å². The molecule has 5 heteroatoms. The molecule has 1 unspecified atom stereocenters. The number of hydrogen-bond donors (Lipinski definition) is 1. The highest BCUT2D eigenvalue weighted by Crippen LogP contribution is 2.21. The highest BCUT2D eigenvalue weighted by Gasteiger charge is 2.20. The van der Waals surface area contributed by atoms with Gasteiger partial charge in [-0.2, -0.15) is 10.4 Å². The fourth-order valence-corrected chi connectivity index (χ4v) is 3.03. The molecule has 2 heterocycles. The van der Waals surface area contributed by atoms with Gasteiger partial charge in [-0.05, 0) is 44.8 Å². The molecule has 1 saturated heterocycles. The summed E-state index contributed by atoms with van der Waals surface area (Å²) in [6, 6.07) is 2.83. The van der Waals surface area contributed by atoms with Gasteiger partial charge in [0.25, 0.3) is 0 Å². The molecule has 21 heavy (non-hydrogen) atoms. The molecular weight excluding hydrogens is 262 g/mol. The molecule has 1 N–H and O–H groups in total. The zero-order chi connectivity index (χ0) is 15.2. The number of nitrogens with zero attached hydrogens (tertiary/aromatic N) is 4. The summed E-state index contributed by atoms with van der Waals surface area (Å²) in [6.45, 7) is 6.09. The van der Waals surface area contributed by atoms with Gasteiger partial charge in [0.15, 0.2) is 5.82 Å². The molecular formula is C16H25N5. The monoisotopic (exact) mass is 287 g/mol. The normalized spacial score (nSPS) is 19.2. The fourth-order valence-electron chi connectivity index (χ4n) is 3.03. The Hall–Kier alpha value is -1.67. The lowest BCUT2D eigenvalue weighted by molar-refractivity contribution is 0.194. The molecule has 1 atom stereocenters. The molecule has 0 amide bonds. The average molecular weight is 287 g/mol.